The first-order valence-electron chi connectivity index (χ1n) is 5.01. The Bertz CT molecular complexity index is 493. The Morgan fingerprint density at radius 2 is 2.35 bits per heavy atom. The average molecular weight is 275 g/mol. The summed E-state index contributed by atoms with van der Waals surface area (Å²) >= 11 is 0.865. The van der Waals surface area contributed by atoms with E-state index in [1.54, 1.807) is 0 Å². The number of hydrogen-bond acceptors (Lipinski definition) is 6. The van der Waals surface area contributed by atoms with Crippen LogP contribution in [0.3, 0.4) is 0 Å². The normalized spacial score (nSPS) is 16.3. The molecular formula is C9H11N2O4S2. The molecule has 1 aromatic rings. The lowest BCUT2D eigenvalue weighted by Gasteiger charge is -2.34. The third kappa shape index (κ3) is 2.14. The van der Waals surface area contributed by atoms with Gasteiger partial charge in [-0.05, 0) is 19.3 Å². The molecule has 8 heteroatoms. The molecule has 0 N–H and O–H groups in total. The van der Waals surface area contributed by atoms with Crippen molar-refractivity contribution in [2.75, 3.05) is 7.11 Å². The fraction of sp³-hybridized carbons (Fsp3) is 0.556. The number of methoxy groups -OCH3 is 1. The Balaban J connectivity index is 2.35. The predicted octanol–water partition coefficient (Wildman–Crippen LogP) is 1.25. The number of nitrogens with zero attached hydrogens (tertiary/aromatic N) is 2. The van der Waals surface area contributed by atoms with Gasteiger partial charge in [0.15, 0.2) is 9.72 Å². The van der Waals surface area contributed by atoms with Crippen molar-refractivity contribution >= 4 is 27.5 Å². The highest BCUT2D eigenvalue weighted by Crippen LogP contribution is 2.31. The number of carbonyl (C=O) groups is 1. The number of sulfonamides is 1. The van der Waals surface area contributed by atoms with Crippen molar-refractivity contribution < 1.29 is 17.9 Å². The van der Waals surface area contributed by atoms with E-state index in [1.165, 1.54) is 13.3 Å². The summed E-state index contributed by atoms with van der Waals surface area (Å²) < 4.78 is 29.8. The van der Waals surface area contributed by atoms with Gasteiger partial charge >= 0.3 is 6.09 Å². The summed E-state index contributed by atoms with van der Waals surface area (Å²) in [5.41, 5.74) is 2.46. The summed E-state index contributed by atoms with van der Waals surface area (Å²) in [6.45, 7) is 0. The molecule has 0 bridgehead atoms. The molecule has 0 atom stereocenters. The molecule has 6 nitrogen and oxygen atoms in total. The zero-order valence-corrected chi connectivity index (χ0v) is 10.8. The topological polar surface area (TPSA) is 76.6 Å². The lowest BCUT2D eigenvalue weighted by atomic mass is 9.93. The lowest BCUT2D eigenvalue weighted by Crippen LogP contribution is -2.47. The van der Waals surface area contributed by atoms with Gasteiger partial charge in [0.2, 0.25) is 0 Å². The highest BCUT2D eigenvalue weighted by molar-refractivity contribution is 7.91. The molecule has 1 amide bonds. The number of ether oxygens (including phenoxy) is 1. The van der Waals surface area contributed by atoms with Crippen molar-refractivity contribution in [3.05, 3.63) is 11.7 Å². The zero-order valence-electron chi connectivity index (χ0n) is 9.12. The quantitative estimate of drug-likeness (QED) is 0.829. The van der Waals surface area contributed by atoms with Gasteiger partial charge in [-0.25, -0.2) is 9.78 Å². The molecule has 1 fully saturated rings. The van der Waals surface area contributed by atoms with E-state index >= 15 is 0 Å². The second-order valence-corrected chi connectivity index (χ2v) is 6.49. The number of carbonyl (C=O) groups excluding carboxylic acids is 1. The number of rotatable bonds is 3. The van der Waals surface area contributed by atoms with Gasteiger partial charge in [-0.15, -0.1) is 0 Å². The maximum Gasteiger partial charge on any atom is 0.423 e. The second-order valence-electron chi connectivity index (χ2n) is 3.63. The van der Waals surface area contributed by atoms with Gasteiger partial charge in [0.25, 0.3) is 10.0 Å². The minimum atomic E-state index is -3.85. The number of aromatic nitrogens is 1. The molecule has 1 aliphatic carbocycles. The molecule has 17 heavy (non-hydrogen) atoms. The zero-order chi connectivity index (χ0) is 12.5. The standard InChI is InChI=1S/C9H11N2O4S2/c1-15-9(12)11(7-3-2-4-7)17(13,14)8-5-10-6-16-8/h5,7H,2-4H2,1H3. The summed E-state index contributed by atoms with van der Waals surface area (Å²) in [6, 6.07) is -0.297. The van der Waals surface area contributed by atoms with Gasteiger partial charge in [0, 0.05) is 0 Å². The van der Waals surface area contributed by atoms with Gasteiger partial charge in [0.1, 0.15) is 0 Å². The molecule has 0 aliphatic heterocycles. The van der Waals surface area contributed by atoms with Crippen LogP contribution in [0.15, 0.2) is 10.4 Å². The fourth-order valence-electron chi connectivity index (χ4n) is 1.55. The monoisotopic (exact) mass is 275 g/mol. The number of amides is 1. The van der Waals surface area contributed by atoms with Crippen LogP contribution in [-0.4, -0.2) is 37.0 Å². The van der Waals surface area contributed by atoms with E-state index in [-0.39, 0.29) is 10.3 Å². The van der Waals surface area contributed by atoms with E-state index in [0.717, 1.165) is 22.1 Å². The van der Waals surface area contributed by atoms with Gasteiger partial charge in [-0.3, -0.25) is 0 Å². The largest absolute Gasteiger partial charge is 0.452 e. The highest BCUT2D eigenvalue weighted by atomic mass is 32.2. The fourth-order valence-corrected chi connectivity index (χ4v) is 3.88. The van der Waals surface area contributed by atoms with Crippen LogP contribution in [0.1, 0.15) is 19.3 Å². The van der Waals surface area contributed by atoms with E-state index in [4.69, 9.17) is 0 Å². The van der Waals surface area contributed by atoms with Crippen LogP contribution < -0.4 is 0 Å². The summed E-state index contributed by atoms with van der Waals surface area (Å²) in [5.74, 6) is 0. The Kier molecular flexibility index (Phi) is 3.34. The van der Waals surface area contributed by atoms with Crippen LogP contribution in [0.4, 0.5) is 4.79 Å². The van der Waals surface area contributed by atoms with E-state index in [0.29, 0.717) is 12.8 Å². The molecule has 2 rings (SSSR count). The molecule has 0 saturated heterocycles. The van der Waals surface area contributed by atoms with Crippen LogP contribution in [0.25, 0.3) is 0 Å². The maximum atomic E-state index is 12.2. The first kappa shape index (κ1) is 12.3. The molecule has 0 spiro atoms. The summed E-state index contributed by atoms with van der Waals surface area (Å²) in [4.78, 5) is 15.2. The second kappa shape index (κ2) is 4.61. The molecule has 1 heterocycles. The first-order chi connectivity index (χ1) is 8.07. The van der Waals surface area contributed by atoms with Gasteiger partial charge < -0.3 is 4.74 Å². The van der Waals surface area contributed by atoms with E-state index in [2.05, 4.69) is 15.2 Å². The molecular weight excluding hydrogens is 264 g/mol. The van der Waals surface area contributed by atoms with Crippen LogP contribution in [0.2, 0.25) is 0 Å². The van der Waals surface area contributed by atoms with Crippen molar-refractivity contribution in [3.63, 3.8) is 0 Å². The Morgan fingerprint density at radius 1 is 1.65 bits per heavy atom. The van der Waals surface area contributed by atoms with Crippen LogP contribution in [0, 0.1) is 5.51 Å². The summed E-state index contributed by atoms with van der Waals surface area (Å²) in [6.07, 6.45) is 2.62. The molecule has 0 aromatic carbocycles. The van der Waals surface area contributed by atoms with E-state index in [9.17, 15) is 13.2 Å². The lowest BCUT2D eigenvalue weighted by molar-refractivity contribution is 0.123. The van der Waals surface area contributed by atoms with E-state index in [1.807, 2.05) is 0 Å². The maximum absolute atomic E-state index is 12.2. The highest BCUT2D eigenvalue weighted by Gasteiger charge is 2.40. The Labute approximate surface area is 103 Å². The summed E-state index contributed by atoms with van der Waals surface area (Å²) in [7, 11) is -2.68. The van der Waals surface area contributed by atoms with Crippen molar-refractivity contribution in [3.8, 4) is 0 Å². The van der Waals surface area contributed by atoms with Crippen molar-refractivity contribution in [2.45, 2.75) is 29.5 Å². The molecule has 1 radical (unpaired) electrons. The molecule has 93 valence electrons. The van der Waals surface area contributed by atoms with Gasteiger partial charge in [0.05, 0.1) is 19.3 Å². The third-order valence-electron chi connectivity index (χ3n) is 2.64. The molecule has 1 saturated carbocycles. The van der Waals surface area contributed by atoms with E-state index < -0.39 is 16.1 Å². The van der Waals surface area contributed by atoms with Crippen molar-refractivity contribution in [1.29, 1.82) is 0 Å². The SMILES string of the molecule is COC(=O)N(C1CCC1)S(=O)(=O)c1cn[c]s1. The molecule has 1 aliphatic rings. The van der Waals surface area contributed by atoms with Gasteiger partial charge in [-0.2, -0.15) is 12.7 Å². The smallest absolute Gasteiger partial charge is 0.423 e. The van der Waals surface area contributed by atoms with Crippen LogP contribution >= 0.6 is 11.3 Å². The molecule has 0 unspecified atom stereocenters. The first-order valence-corrected chi connectivity index (χ1v) is 7.27. The molecule has 1 aromatic heterocycles. The number of thiazole rings is 1. The van der Waals surface area contributed by atoms with Crippen molar-refractivity contribution in [2.24, 2.45) is 0 Å². The van der Waals surface area contributed by atoms with Crippen LogP contribution in [-0.2, 0) is 14.8 Å². The predicted molar refractivity (Wildman–Crippen MR) is 60.0 cm³/mol. The third-order valence-corrected chi connectivity index (χ3v) is 5.61. The Morgan fingerprint density at radius 3 is 2.76 bits per heavy atom. The minimum Gasteiger partial charge on any atom is -0.452 e. The number of hydrogen-bond donors (Lipinski definition) is 0. The van der Waals surface area contributed by atoms with Crippen LogP contribution in [0.5, 0.6) is 0 Å². The Hall–Kier alpha value is -1.15. The summed E-state index contributed by atoms with van der Waals surface area (Å²) in [5, 5.41) is 0. The minimum absolute atomic E-state index is 0.00907. The van der Waals surface area contributed by atoms with Gasteiger partial charge in [-0.1, -0.05) is 11.3 Å². The average Bonchev–Trinajstić information content (AvgIpc) is 2.75. The van der Waals surface area contributed by atoms with Crippen molar-refractivity contribution in [1.82, 2.24) is 9.29 Å².